The fourth-order valence-corrected chi connectivity index (χ4v) is 2.35. The molecule has 0 spiro atoms. The summed E-state index contributed by atoms with van der Waals surface area (Å²) in [7, 11) is 3.11. The number of nitrogens with one attached hydrogen (secondary N) is 2. The summed E-state index contributed by atoms with van der Waals surface area (Å²) in [4.78, 5) is 12.2. The van der Waals surface area contributed by atoms with Crippen LogP contribution in [0.2, 0.25) is 0 Å². The molecule has 25 heavy (non-hydrogen) atoms. The van der Waals surface area contributed by atoms with Crippen LogP contribution in [0.3, 0.4) is 0 Å². The molecule has 0 heterocycles. The molecule has 134 valence electrons. The topological polar surface area (TPSA) is 59.6 Å². The van der Waals surface area contributed by atoms with E-state index in [1.54, 1.807) is 37.4 Å². The van der Waals surface area contributed by atoms with Crippen molar-refractivity contribution in [3.05, 3.63) is 53.8 Å². The van der Waals surface area contributed by atoms with Gasteiger partial charge in [0.25, 0.3) is 0 Å². The normalized spacial score (nSPS) is 11.7. The molecule has 0 saturated heterocycles. The number of hydrogen-bond acceptors (Lipinski definition) is 4. The number of halogens is 1. The molecule has 1 unspecified atom stereocenters. The van der Waals surface area contributed by atoms with Gasteiger partial charge >= 0.3 is 0 Å². The van der Waals surface area contributed by atoms with Crippen LogP contribution in [-0.4, -0.2) is 26.2 Å². The van der Waals surface area contributed by atoms with Gasteiger partial charge in [0, 0.05) is 25.1 Å². The summed E-state index contributed by atoms with van der Waals surface area (Å²) in [5.74, 6) is 0.816. The van der Waals surface area contributed by atoms with E-state index in [0.717, 1.165) is 5.56 Å². The molecule has 2 N–H and O–H groups in total. The zero-order valence-corrected chi connectivity index (χ0v) is 14.6. The zero-order valence-electron chi connectivity index (χ0n) is 14.6. The lowest BCUT2D eigenvalue weighted by Gasteiger charge is -2.15. The number of amides is 1. The average molecular weight is 346 g/mol. The maximum Gasteiger partial charge on any atom is 0.226 e. The Morgan fingerprint density at radius 2 is 1.84 bits per heavy atom. The van der Waals surface area contributed by atoms with Crippen molar-refractivity contribution in [3.8, 4) is 11.5 Å². The Labute approximate surface area is 147 Å². The number of methoxy groups -OCH3 is 2. The Bertz CT molecular complexity index is 704. The molecule has 0 radical (unpaired) electrons. The quantitative estimate of drug-likeness (QED) is 0.770. The number of anilines is 1. The molecular formula is C19H23FN2O3. The molecule has 2 rings (SSSR count). The minimum Gasteiger partial charge on any atom is -0.497 e. The number of benzene rings is 2. The van der Waals surface area contributed by atoms with Gasteiger partial charge in [0.1, 0.15) is 17.3 Å². The van der Waals surface area contributed by atoms with Gasteiger partial charge in [-0.3, -0.25) is 4.79 Å². The minimum atomic E-state index is -0.260. The summed E-state index contributed by atoms with van der Waals surface area (Å²) < 4.78 is 23.3. The molecule has 0 aliphatic rings. The molecular weight excluding hydrogens is 323 g/mol. The highest BCUT2D eigenvalue weighted by molar-refractivity contribution is 5.92. The second-order valence-electron chi connectivity index (χ2n) is 5.73. The third-order valence-electron chi connectivity index (χ3n) is 3.74. The van der Waals surface area contributed by atoms with E-state index in [2.05, 4.69) is 10.6 Å². The maximum absolute atomic E-state index is 12.9. The van der Waals surface area contributed by atoms with Crippen molar-refractivity contribution in [1.29, 1.82) is 0 Å². The predicted molar refractivity (Wildman–Crippen MR) is 95.5 cm³/mol. The molecule has 2 aromatic carbocycles. The van der Waals surface area contributed by atoms with E-state index < -0.39 is 0 Å². The number of carbonyl (C=O) groups excluding carboxylic acids is 1. The number of hydrogen-bond donors (Lipinski definition) is 2. The van der Waals surface area contributed by atoms with E-state index in [1.807, 2.05) is 6.92 Å². The Balaban J connectivity index is 1.85. The van der Waals surface area contributed by atoms with Crippen LogP contribution in [0.15, 0.2) is 42.5 Å². The van der Waals surface area contributed by atoms with Gasteiger partial charge in [-0.15, -0.1) is 0 Å². The van der Waals surface area contributed by atoms with Crippen LogP contribution >= 0.6 is 0 Å². The molecule has 1 atom stereocenters. The van der Waals surface area contributed by atoms with Crippen molar-refractivity contribution >= 4 is 11.6 Å². The molecule has 6 heteroatoms. The van der Waals surface area contributed by atoms with E-state index in [0.29, 0.717) is 30.2 Å². The summed E-state index contributed by atoms with van der Waals surface area (Å²) in [6.45, 7) is 2.49. The van der Waals surface area contributed by atoms with E-state index in [4.69, 9.17) is 9.47 Å². The van der Waals surface area contributed by atoms with E-state index >= 15 is 0 Å². The van der Waals surface area contributed by atoms with Gasteiger partial charge in [-0.2, -0.15) is 0 Å². The Morgan fingerprint density at radius 3 is 2.48 bits per heavy atom. The van der Waals surface area contributed by atoms with Crippen LogP contribution in [-0.2, 0) is 11.3 Å². The summed E-state index contributed by atoms with van der Waals surface area (Å²) in [6.07, 6.45) is 0.302. The van der Waals surface area contributed by atoms with Crippen molar-refractivity contribution in [2.75, 3.05) is 19.5 Å². The summed E-state index contributed by atoms with van der Waals surface area (Å²) in [5, 5.41) is 6.09. The van der Waals surface area contributed by atoms with Gasteiger partial charge in [-0.1, -0.05) is 12.1 Å². The molecule has 0 bridgehead atoms. The Hall–Kier alpha value is -2.60. The molecule has 0 fully saturated rings. The van der Waals surface area contributed by atoms with Gasteiger partial charge in [-0.25, -0.2) is 4.39 Å². The van der Waals surface area contributed by atoms with Crippen LogP contribution in [0, 0.1) is 5.82 Å². The van der Waals surface area contributed by atoms with Crippen LogP contribution in [0.1, 0.15) is 18.9 Å². The first-order chi connectivity index (χ1) is 12.0. The van der Waals surface area contributed by atoms with Crippen molar-refractivity contribution in [1.82, 2.24) is 5.32 Å². The minimum absolute atomic E-state index is 0.0331. The van der Waals surface area contributed by atoms with Crippen LogP contribution < -0.4 is 20.1 Å². The Morgan fingerprint density at radius 1 is 1.12 bits per heavy atom. The molecule has 2 aromatic rings. The monoisotopic (exact) mass is 346 g/mol. The fraction of sp³-hybridized carbons (Fsp3) is 0.316. The van der Waals surface area contributed by atoms with Gasteiger partial charge in [0.15, 0.2) is 0 Å². The number of ether oxygens (including phenoxy) is 2. The summed E-state index contributed by atoms with van der Waals surface area (Å²) in [6, 6.07) is 11.5. The van der Waals surface area contributed by atoms with Gasteiger partial charge in [0.2, 0.25) is 5.91 Å². The lowest BCUT2D eigenvalue weighted by atomic mass is 10.1. The number of rotatable bonds is 8. The predicted octanol–water partition coefficient (Wildman–Crippen LogP) is 3.35. The first-order valence-corrected chi connectivity index (χ1v) is 8.01. The molecule has 5 nitrogen and oxygen atoms in total. The molecule has 0 saturated carbocycles. The third kappa shape index (κ3) is 5.76. The van der Waals surface area contributed by atoms with E-state index in [1.165, 1.54) is 19.2 Å². The number of carbonyl (C=O) groups is 1. The highest BCUT2D eigenvalue weighted by atomic mass is 19.1. The second kappa shape index (κ2) is 9.03. The summed E-state index contributed by atoms with van der Waals surface area (Å²) in [5.41, 5.74) is 1.56. The molecule has 1 amide bonds. The second-order valence-corrected chi connectivity index (χ2v) is 5.73. The summed E-state index contributed by atoms with van der Waals surface area (Å²) >= 11 is 0. The van der Waals surface area contributed by atoms with Gasteiger partial charge < -0.3 is 20.1 Å². The van der Waals surface area contributed by atoms with Crippen molar-refractivity contribution in [2.24, 2.45) is 0 Å². The van der Waals surface area contributed by atoms with Gasteiger partial charge in [-0.05, 0) is 36.8 Å². The highest BCUT2D eigenvalue weighted by Gasteiger charge is 2.12. The fourth-order valence-electron chi connectivity index (χ4n) is 2.35. The van der Waals surface area contributed by atoms with E-state index in [-0.39, 0.29) is 17.8 Å². The Kier molecular flexibility index (Phi) is 6.77. The lowest BCUT2D eigenvalue weighted by Crippen LogP contribution is -2.30. The van der Waals surface area contributed by atoms with Crippen LogP contribution in [0.25, 0.3) is 0 Å². The molecule has 0 aliphatic carbocycles. The zero-order chi connectivity index (χ0) is 18.2. The largest absolute Gasteiger partial charge is 0.497 e. The molecule has 0 aliphatic heterocycles. The lowest BCUT2D eigenvalue weighted by molar-refractivity contribution is -0.116. The van der Waals surface area contributed by atoms with Gasteiger partial charge in [0.05, 0.1) is 19.9 Å². The SMILES string of the molecule is COc1ccc(NC(=O)CC(C)NCc2ccc(F)cc2)c(OC)c1. The first kappa shape index (κ1) is 18.7. The van der Waals surface area contributed by atoms with Crippen LogP contribution in [0.5, 0.6) is 11.5 Å². The highest BCUT2D eigenvalue weighted by Crippen LogP contribution is 2.29. The first-order valence-electron chi connectivity index (χ1n) is 8.01. The van der Waals surface area contributed by atoms with E-state index in [9.17, 15) is 9.18 Å². The van der Waals surface area contributed by atoms with Crippen molar-refractivity contribution < 1.29 is 18.7 Å². The van der Waals surface area contributed by atoms with Crippen molar-refractivity contribution in [2.45, 2.75) is 25.9 Å². The third-order valence-corrected chi connectivity index (χ3v) is 3.74. The average Bonchev–Trinajstić information content (AvgIpc) is 2.61. The van der Waals surface area contributed by atoms with Crippen LogP contribution in [0.4, 0.5) is 10.1 Å². The van der Waals surface area contributed by atoms with Crippen molar-refractivity contribution in [3.63, 3.8) is 0 Å². The molecule has 0 aromatic heterocycles. The maximum atomic E-state index is 12.9. The standard InChI is InChI=1S/C19H23FN2O3/c1-13(21-12-14-4-6-15(20)7-5-14)10-19(23)22-17-9-8-16(24-2)11-18(17)25-3/h4-9,11,13,21H,10,12H2,1-3H3,(H,22,23). The smallest absolute Gasteiger partial charge is 0.226 e.